The molecule has 0 N–H and O–H groups in total. The van der Waals surface area contributed by atoms with Gasteiger partial charge in [-0.3, -0.25) is 0 Å². The van der Waals surface area contributed by atoms with Crippen molar-refractivity contribution in [3.05, 3.63) is 47.4 Å². The van der Waals surface area contributed by atoms with E-state index < -0.39 is 0 Å². The maximum Gasteiger partial charge on any atom is 0.236 e. The van der Waals surface area contributed by atoms with E-state index in [9.17, 15) is 0 Å². The van der Waals surface area contributed by atoms with Crippen LogP contribution in [0, 0.1) is 13.8 Å². The van der Waals surface area contributed by atoms with Crippen LogP contribution in [0.25, 0.3) is 11.4 Å². The van der Waals surface area contributed by atoms with Gasteiger partial charge in [0.2, 0.25) is 11.7 Å². The molecule has 2 heterocycles. The number of aryl methyl sites for hydroxylation is 2. The third kappa shape index (κ3) is 3.61. The molecule has 0 saturated heterocycles. The van der Waals surface area contributed by atoms with Crippen LogP contribution in [0.15, 0.2) is 28.8 Å². The predicted octanol–water partition coefficient (Wildman–Crippen LogP) is 3.40. The van der Waals surface area contributed by atoms with Gasteiger partial charge in [-0.05, 0) is 20.8 Å². The lowest BCUT2D eigenvalue weighted by atomic mass is 10.1. The first-order valence-electron chi connectivity index (χ1n) is 7.53. The van der Waals surface area contributed by atoms with E-state index in [0.717, 1.165) is 29.5 Å². The molecule has 0 spiro atoms. The summed E-state index contributed by atoms with van der Waals surface area (Å²) in [6.07, 6.45) is 0. The molecule has 23 heavy (non-hydrogen) atoms. The fourth-order valence-electron chi connectivity index (χ4n) is 2.31. The van der Waals surface area contributed by atoms with Crippen molar-refractivity contribution in [1.82, 2.24) is 24.9 Å². The van der Waals surface area contributed by atoms with Crippen LogP contribution in [0.5, 0.6) is 0 Å². The van der Waals surface area contributed by atoms with Gasteiger partial charge in [0.15, 0.2) is 0 Å². The van der Waals surface area contributed by atoms with Crippen LogP contribution in [-0.2, 0) is 18.1 Å². The van der Waals surface area contributed by atoms with Crippen LogP contribution in [0.3, 0.4) is 0 Å². The summed E-state index contributed by atoms with van der Waals surface area (Å²) in [6.45, 7) is 7.00. The normalized spacial score (nSPS) is 11.1. The second kappa shape index (κ2) is 6.95. The van der Waals surface area contributed by atoms with E-state index in [0.29, 0.717) is 17.5 Å². The van der Waals surface area contributed by atoms with Crippen molar-refractivity contribution in [3.63, 3.8) is 0 Å². The highest BCUT2D eigenvalue weighted by Crippen LogP contribution is 2.20. The van der Waals surface area contributed by atoms with E-state index in [-0.39, 0.29) is 0 Å². The minimum atomic E-state index is 0.630. The Morgan fingerprint density at radius 3 is 2.61 bits per heavy atom. The zero-order valence-corrected chi connectivity index (χ0v) is 14.3. The molecule has 0 atom stereocenters. The van der Waals surface area contributed by atoms with Gasteiger partial charge in [-0.2, -0.15) is 4.98 Å². The lowest BCUT2D eigenvalue weighted by Gasteiger charge is -2.03. The van der Waals surface area contributed by atoms with Gasteiger partial charge in [-0.25, -0.2) is 0 Å². The fourth-order valence-corrected chi connectivity index (χ4v) is 3.10. The van der Waals surface area contributed by atoms with E-state index in [4.69, 9.17) is 4.52 Å². The van der Waals surface area contributed by atoms with Gasteiger partial charge in [-0.15, -0.1) is 22.0 Å². The summed E-state index contributed by atoms with van der Waals surface area (Å²) in [7, 11) is 0. The zero-order valence-electron chi connectivity index (χ0n) is 13.5. The predicted molar refractivity (Wildman–Crippen MR) is 89.9 cm³/mol. The van der Waals surface area contributed by atoms with Crippen molar-refractivity contribution in [3.8, 4) is 11.4 Å². The summed E-state index contributed by atoms with van der Waals surface area (Å²) in [6, 6.07) is 8.09. The molecule has 3 aromatic rings. The molecule has 0 unspecified atom stereocenters. The summed E-state index contributed by atoms with van der Waals surface area (Å²) in [5, 5.41) is 12.4. The highest BCUT2D eigenvalue weighted by molar-refractivity contribution is 7.97. The molecule has 0 aliphatic rings. The average Bonchev–Trinajstić information content (AvgIpc) is 3.15. The Kier molecular flexibility index (Phi) is 4.76. The molecule has 7 heteroatoms. The molecule has 0 fully saturated rings. The highest BCUT2D eigenvalue weighted by Gasteiger charge is 2.11. The van der Waals surface area contributed by atoms with Crippen molar-refractivity contribution in [1.29, 1.82) is 0 Å². The standard InChI is InChI=1S/C16H19N5OS/c1-4-21-12(3)18-19-14(21)9-23-10-15-17-16(20-22-15)13-7-5-11(2)6-8-13/h5-8H,4,9-10H2,1-3H3. The first-order chi connectivity index (χ1) is 11.2. The zero-order chi connectivity index (χ0) is 16.2. The lowest BCUT2D eigenvalue weighted by molar-refractivity contribution is 0.391. The first-order valence-corrected chi connectivity index (χ1v) is 8.69. The van der Waals surface area contributed by atoms with Crippen LogP contribution < -0.4 is 0 Å². The Hall–Kier alpha value is -2.15. The van der Waals surface area contributed by atoms with E-state index in [1.54, 1.807) is 11.8 Å². The van der Waals surface area contributed by atoms with E-state index in [1.807, 2.05) is 31.2 Å². The number of hydrogen-bond acceptors (Lipinski definition) is 6. The molecule has 3 rings (SSSR count). The maximum atomic E-state index is 5.32. The number of hydrogen-bond donors (Lipinski definition) is 0. The molecule has 6 nitrogen and oxygen atoms in total. The van der Waals surface area contributed by atoms with Crippen molar-refractivity contribution in [2.75, 3.05) is 0 Å². The topological polar surface area (TPSA) is 69.6 Å². The lowest BCUT2D eigenvalue weighted by Crippen LogP contribution is -2.02. The van der Waals surface area contributed by atoms with E-state index in [2.05, 4.69) is 38.8 Å². The second-order valence-corrected chi connectivity index (χ2v) is 6.26. The minimum Gasteiger partial charge on any atom is -0.338 e. The summed E-state index contributed by atoms with van der Waals surface area (Å²) in [4.78, 5) is 4.45. The number of aromatic nitrogens is 5. The van der Waals surface area contributed by atoms with Crippen molar-refractivity contribution >= 4 is 11.8 Å². The van der Waals surface area contributed by atoms with E-state index >= 15 is 0 Å². The molecular formula is C16H19N5OS. The van der Waals surface area contributed by atoms with Gasteiger partial charge in [0.25, 0.3) is 0 Å². The molecule has 120 valence electrons. The van der Waals surface area contributed by atoms with Gasteiger partial charge in [0, 0.05) is 12.1 Å². The third-order valence-corrected chi connectivity index (χ3v) is 4.48. The van der Waals surface area contributed by atoms with Crippen LogP contribution in [0.2, 0.25) is 0 Å². The first kappa shape index (κ1) is 15.7. The molecule has 0 aliphatic heterocycles. The Morgan fingerprint density at radius 1 is 1.09 bits per heavy atom. The SMILES string of the molecule is CCn1c(C)nnc1CSCc1nc(-c2ccc(C)cc2)no1. The van der Waals surface area contributed by atoms with Gasteiger partial charge < -0.3 is 9.09 Å². The number of thioether (sulfide) groups is 1. The summed E-state index contributed by atoms with van der Waals surface area (Å²) in [5.41, 5.74) is 2.18. The summed E-state index contributed by atoms with van der Waals surface area (Å²) in [5.74, 6) is 4.62. The number of benzene rings is 1. The van der Waals surface area contributed by atoms with Gasteiger partial charge in [-0.1, -0.05) is 35.0 Å². The van der Waals surface area contributed by atoms with Crippen molar-refractivity contribution in [2.24, 2.45) is 0 Å². The number of nitrogens with zero attached hydrogens (tertiary/aromatic N) is 5. The van der Waals surface area contributed by atoms with Crippen LogP contribution in [0.1, 0.15) is 30.0 Å². The minimum absolute atomic E-state index is 0.630. The smallest absolute Gasteiger partial charge is 0.236 e. The van der Waals surface area contributed by atoms with Crippen molar-refractivity contribution < 1.29 is 4.52 Å². The molecule has 0 saturated carbocycles. The largest absolute Gasteiger partial charge is 0.338 e. The number of rotatable bonds is 6. The van der Waals surface area contributed by atoms with E-state index in [1.165, 1.54) is 5.56 Å². The van der Waals surface area contributed by atoms with Crippen LogP contribution in [-0.4, -0.2) is 24.9 Å². The van der Waals surface area contributed by atoms with Gasteiger partial charge in [0.1, 0.15) is 11.6 Å². The van der Waals surface area contributed by atoms with Gasteiger partial charge in [0.05, 0.1) is 11.5 Å². The Balaban J connectivity index is 1.60. The van der Waals surface area contributed by atoms with Crippen molar-refractivity contribution in [2.45, 2.75) is 38.8 Å². The molecule has 2 aromatic heterocycles. The Bertz CT molecular complexity index is 778. The highest BCUT2D eigenvalue weighted by atomic mass is 32.2. The molecule has 0 amide bonds. The molecule has 0 bridgehead atoms. The summed E-state index contributed by atoms with van der Waals surface area (Å²) < 4.78 is 7.43. The monoisotopic (exact) mass is 329 g/mol. The second-order valence-electron chi connectivity index (χ2n) is 5.28. The average molecular weight is 329 g/mol. The molecule has 1 aromatic carbocycles. The Labute approximate surface area is 139 Å². The van der Waals surface area contributed by atoms with Crippen LogP contribution in [0.4, 0.5) is 0 Å². The van der Waals surface area contributed by atoms with Crippen LogP contribution >= 0.6 is 11.8 Å². The molecule has 0 aliphatic carbocycles. The molecular weight excluding hydrogens is 310 g/mol. The maximum absolute atomic E-state index is 5.32. The molecule has 0 radical (unpaired) electrons. The quantitative estimate of drug-likeness (QED) is 0.690. The van der Waals surface area contributed by atoms with Gasteiger partial charge >= 0.3 is 0 Å². The fraction of sp³-hybridized carbons (Fsp3) is 0.375. The Morgan fingerprint density at radius 2 is 1.87 bits per heavy atom. The third-order valence-electron chi connectivity index (χ3n) is 3.56. The summed E-state index contributed by atoms with van der Waals surface area (Å²) >= 11 is 1.69.